The lowest BCUT2D eigenvalue weighted by Crippen LogP contribution is -2.13. The average molecular weight is 470 g/mol. The Labute approximate surface area is 194 Å². The highest BCUT2D eigenvalue weighted by atomic mass is 31.2. The molecular formula is C25H29NO6P-. The van der Waals surface area contributed by atoms with Gasteiger partial charge in [0.1, 0.15) is 11.5 Å². The number of aromatic nitrogens is 1. The van der Waals surface area contributed by atoms with Gasteiger partial charge < -0.3 is 18.7 Å². The van der Waals surface area contributed by atoms with Gasteiger partial charge in [0, 0.05) is 30.0 Å². The third-order valence-corrected chi connectivity index (χ3v) is 6.22. The van der Waals surface area contributed by atoms with Crippen LogP contribution in [0.2, 0.25) is 0 Å². The number of carbonyl (C=O) groups excluding carboxylic acids is 1. The number of unbranched alkanes of at least 4 members (excludes halogenated alkanes) is 1. The standard InChI is InChI=1S/C25H30NO6P/c1-18(2)32-33(28,29)31-14-8-7-11-21(27)15-24-25(19-9-5-4-6-10-19)23-16-22(30-3)13-12-20(23)17-26-24/h4-6,9-10,12-13,16-18H,7-8,11,14-15H2,1-3H3,(H,28,29)/p-1. The Bertz CT molecular complexity index is 1130. The normalized spacial score (nSPS) is 13.2. The van der Waals surface area contributed by atoms with Crippen LogP contribution in [0, 0.1) is 0 Å². The van der Waals surface area contributed by atoms with Crippen molar-refractivity contribution in [3.05, 3.63) is 60.4 Å². The number of fused-ring (bicyclic) bond motifs is 1. The van der Waals surface area contributed by atoms with Gasteiger partial charge in [-0.15, -0.1) is 0 Å². The van der Waals surface area contributed by atoms with E-state index in [0.717, 1.165) is 27.6 Å². The van der Waals surface area contributed by atoms with E-state index in [9.17, 15) is 14.3 Å². The van der Waals surface area contributed by atoms with Crippen LogP contribution in [0.1, 0.15) is 38.8 Å². The van der Waals surface area contributed by atoms with Crippen molar-refractivity contribution < 1.29 is 28.0 Å². The third-order valence-electron chi connectivity index (χ3n) is 5.04. The number of phosphoric acid groups is 1. The predicted octanol–water partition coefficient (Wildman–Crippen LogP) is 5.10. The van der Waals surface area contributed by atoms with E-state index in [1.807, 2.05) is 48.5 Å². The summed E-state index contributed by atoms with van der Waals surface area (Å²) in [6.45, 7) is 3.23. The van der Waals surface area contributed by atoms with Crippen molar-refractivity contribution in [2.45, 2.75) is 45.6 Å². The number of Topliss-reactive ketones (excluding diaryl/α,β-unsaturated/α-hetero) is 1. The largest absolute Gasteiger partial charge is 0.756 e. The van der Waals surface area contributed by atoms with Crippen molar-refractivity contribution in [2.75, 3.05) is 13.7 Å². The first-order valence-electron chi connectivity index (χ1n) is 11.0. The molecule has 0 fully saturated rings. The van der Waals surface area contributed by atoms with Gasteiger partial charge in [-0.2, -0.15) is 0 Å². The maximum absolute atomic E-state index is 12.7. The SMILES string of the molecule is COc1ccc2cnc(CC(=O)CCCCOP(=O)([O-])OC(C)C)c(-c3ccccc3)c2c1. The summed E-state index contributed by atoms with van der Waals surface area (Å²) in [5.41, 5.74) is 2.61. The highest BCUT2D eigenvalue weighted by molar-refractivity contribution is 7.45. The fourth-order valence-electron chi connectivity index (χ4n) is 3.58. The van der Waals surface area contributed by atoms with Crippen LogP contribution in [-0.2, 0) is 24.8 Å². The zero-order valence-corrected chi connectivity index (χ0v) is 20.0. The highest BCUT2D eigenvalue weighted by Crippen LogP contribution is 2.39. The Morgan fingerprint density at radius 1 is 1.12 bits per heavy atom. The monoisotopic (exact) mass is 470 g/mol. The summed E-state index contributed by atoms with van der Waals surface area (Å²) in [5.74, 6) is 0.769. The smallest absolute Gasteiger partial charge is 0.268 e. The van der Waals surface area contributed by atoms with Crippen molar-refractivity contribution >= 4 is 24.4 Å². The number of ether oxygens (including phenoxy) is 1. The topological polar surface area (TPSA) is 97.8 Å². The zero-order valence-electron chi connectivity index (χ0n) is 19.2. The molecule has 0 saturated heterocycles. The number of nitrogens with zero attached hydrogens (tertiary/aromatic N) is 1. The Kier molecular flexibility index (Phi) is 8.75. The summed E-state index contributed by atoms with van der Waals surface area (Å²) in [5, 5.41) is 1.94. The molecule has 0 aliphatic carbocycles. The van der Waals surface area contributed by atoms with E-state index in [-0.39, 0.29) is 18.8 Å². The van der Waals surface area contributed by atoms with Crippen LogP contribution in [0.3, 0.4) is 0 Å². The quantitative estimate of drug-likeness (QED) is 0.268. The molecule has 176 valence electrons. The van der Waals surface area contributed by atoms with Gasteiger partial charge in [0.2, 0.25) is 0 Å². The van der Waals surface area contributed by atoms with Gasteiger partial charge in [-0.05, 0) is 55.8 Å². The van der Waals surface area contributed by atoms with Gasteiger partial charge in [0.15, 0.2) is 0 Å². The molecule has 3 aromatic rings. The molecule has 0 radical (unpaired) electrons. The molecular weight excluding hydrogens is 441 g/mol. The number of benzene rings is 2. The van der Waals surface area contributed by atoms with E-state index < -0.39 is 13.9 Å². The lowest BCUT2D eigenvalue weighted by molar-refractivity contribution is -0.228. The molecule has 1 atom stereocenters. The van der Waals surface area contributed by atoms with Crippen LogP contribution in [-0.4, -0.2) is 30.6 Å². The molecule has 8 heteroatoms. The average Bonchev–Trinajstić information content (AvgIpc) is 2.78. The van der Waals surface area contributed by atoms with Crippen LogP contribution >= 0.6 is 7.82 Å². The molecule has 33 heavy (non-hydrogen) atoms. The second-order valence-electron chi connectivity index (χ2n) is 8.01. The third kappa shape index (κ3) is 7.21. The minimum atomic E-state index is -4.29. The number of hydrogen-bond acceptors (Lipinski definition) is 7. The predicted molar refractivity (Wildman–Crippen MR) is 126 cm³/mol. The zero-order chi connectivity index (χ0) is 23.8. The Hall–Kier alpha value is -2.57. The maximum atomic E-state index is 12.7. The van der Waals surface area contributed by atoms with Gasteiger partial charge in [-0.3, -0.25) is 14.3 Å². The molecule has 0 spiro atoms. The molecule has 0 saturated carbocycles. The van der Waals surface area contributed by atoms with Gasteiger partial charge in [-0.25, -0.2) is 0 Å². The van der Waals surface area contributed by atoms with Crippen LogP contribution in [0.25, 0.3) is 21.9 Å². The van der Waals surface area contributed by atoms with E-state index in [4.69, 9.17) is 13.8 Å². The van der Waals surface area contributed by atoms with E-state index in [1.165, 1.54) is 0 Å². The lowest BCUT2D eigenvalue weighted by Gasteiger charge is -2.24. The number of ketones is 1. The number of carbonyl (C=O) groups is 1. The van der Waals surface area contributed by atoms with Crippen LogP contribution < -0.4 is 9.63 Å². The van der Waals surface area contributed by atoms with Gasteiger partial charge in [0.25, 0.3) is 7.82 Å². The van der Waals surface area contributed by atoms with Crippen LogP contribution in [0.15, 0.2) is 54.7 Å². The van der Waals surface area contributed by atoms with Crippen molar-refractivity contribution in [1.82, 2.24) is 4.98 Å². The number of phosphoric ester groups is 1. The first-order chi connectivity index (χ1) is 15.8. The van der Waals surface area contributed by atoms with E-state index in [0.29, 0.717) is 25.0 Å². The molecule has 7 nitrogen and oxygen atoms in total. The summed E-state index contributed by atoms with van der Waals surface area (Å²) >= 11 is 0. The first kappa shape index (κ1) is 25.1. The van der Waals surface area contributed by atoms with Gasteiger partial charge in [0.05, 0.1) is 25.5 Å². The van der Waals surface area contributed by atoms with Crippen molar-refractivity contribution in [1.29, 1.82) is 0 Å². The van der Waals surface area contributed by atoms with Crippen molar-refractivity contribution in [3.8, 4) is 16.9 Å². The summed E-state index contributed by atoms with van der Waals surface area (Å²) in [4.78, 5) is 28.9. The van der Waals surface area contributed by atoms with Crippen molar-refractivity contribution in [3.63, 3.8) is 0 Å². The molecule has 0 aliphatic rings. The van der Waals surface area contributed by atoms with Gasteiger partial charge in [-0.1, -0.05) is 30.3 Å². The van der Waals surface area contributed by atoms with Crippen molar-refractivity contribution in [2.24, 2.45) is 0 Å². The Balaban J connectivity index is 1.70. The summed E-state index contributed by atoms with van der Waals surface area (Å²) in [6.07, 6.45) is 2.76. The number of hydrogen-bond donors (Lipinski definition) is 0. The maximum Gasteiger partial charge on any atom is 0.268 e. The second kappa shape index (κ2) is 11.5. The van der Waals surface area contributed by atoms with E-state index in [1.54, 1.807) is 27.2 Å². The second-order valence-corrected chi connectivity index (χ2v) is 9.37. The molecule has 1 heterocycles. The number of pyridine rings is 1. The first-order valence-corrected chi connectivity index (χ1v) is 12.4. The molecule has 3 rings (SSSR count). The Morgan fingerprint density at radius 2 is 1.88 bits per heavy atom. The van der Waals surface area contributed by atoms with Gasteiger partial charge >= 0.3 is 0 Å². The molecule has 1 aromatic heterocycles. The number of methoxy groups -OCH3 is 1. The number of rotatable bonds is 12. The highest BCUT2D eigenvalue weighted by Gasteiger charge is 2.16. The summed E-state index contributed by atoms with van der Waals surface area (Å²) < 4.78 is 26.6. The van der Waals surface area contributed by atoms with E-state index >= 15 is 0 Å². The summed E-state index contributed by atoms with van der Waals surface area (Å²) in [6, 6.07) is 15.7. The minimum absolute atomic E-state index is 0.00986. The molecule has 2 aromatic carbocycles. The van der Waals surface area contributed by atoms with Crippen LogP contribution in [0.4, 0.5) is 0 Å². The molecule has 0 bridgehead atoms. The lowest BCUT2D eigenvalue weighted by atomic mass is 9.94. The molecule has 0 amide bonds. The fourth-order valence-corrected chi connectivity index (χ4v) is 4.51. The summed E-state index contributed by atoms with van der Waals surface area (Å²) in [7, 11) is -2.67. The molecule has 0 aliphatic heterocycles. The minimum Gasteiger partial charge on any atom is -0.756 e. The van der Waals surface area contributed by atoms with E-state index in [2.05, 4.69) is 4.98 Å². The fraction of sp³-hybridized carbons (Fsp3) is 0.360. The van der Waals surface area contributed by atoms with Crippen LogP contribution in [0.5, 0.6) is 5.75 Å². The molecule has 0 N–H and O–H groups in total. The Morgan fingerprint density at radius 3 is 2.58 bits per heavy atom. The molecule has 1 unspecified atom stereocenters.